The summed E-state index contributed by atoms with van der Waals surface area (Å²) in [6.45, 7) is 5.34. The van der Waals surface area contributed by atoms with E-state index in [1.165, 1.54) is 0 Å². The number of aryl methyl sites for hydroxylation is 2. The predicted molar refractivity (Wildman–Crippen MR) is 77.2 cm³/mol. The van der Waals surface area contributed by atoms with Gasteiger partial charge in [-0.25, -0.2) is 13.1 Å². The highest BCUT2D eigenvalue weighted by Crippen LogP contribution is 2.17. The van der Waals surface area contributed by atoms with Gasteiger partial charge < -0.3 is 5.11 Å². The molecule has 6 heteroatoms. The summed E-state index contributed by atoms with van der Waals surface area (Å²) in [5, 5.41) is 8.57. The lowest BCUT2D eigenvalue weighted by atomic mass is 10.1. The van der Waals surface area contributed by atoms with Crippen molar-refractivity contribution in [2.75, 3.05) is 0 Å². The molecule has 0 aliphatic rings. The minimum absolute atomic E-state index is 0.0511. The Bertz CT molecular complexity index is 581. The van der Waals surface area contributed by atoms with Crippen LogP contribution >= 0.6 is 0 Å². The van der Waals surface area contributed by atoms with E-state index in [9.17, 15) is 13.2 Å². The molecule has 2 N–H and O–H groups in total. The quantitative estimate of drug-likeness (QED) is 0.808. The molecule has 112 valence electrons. The molecule has 1 unspecified atom stereocenters. The molecule has 1 aromatic carbocycles. The number of aliphatic carboxylic acids is 1. The first-order valence-corrected chi connectivity index (χ1v) is 8.02. The predicted octanol–water partition coefficient (Wildman–Crippen LogP) is 2.23. The van der Waals surface area contributed by atoms with E-state index in [-0.39, 0.29) is 17.4 Å². The molecule has 0 aromatic heterocycles. The lowest BCUT2D eigenvalue weighted by Crippen LogP contribution is -2.33. The summed E-state index contributed by atoms with van der Waals surface area (Å²) in [6.07, 6.45) is 0.998. The topological polar surface area (TPSA) is 83.5 Å². The molecule has 0 fully saturated rings. The Balaban J connectivity index is 2.74. The maximum atomic E-state index is 12.3. The van der Waals surface area contributed by atoms with Gasteiger partial charge in [-0.2, -0.15) is 0 Å². The van der Waals surface area contributed by atoms with Gasteiger partial charge in [0.15, 0.2) is 0 Å². The molecule has 1 aromatic rings. The Kier molecular flexibility index (Phi) is 5.71. The van der Waals surface area contributed by atoms with Crippen LogP contribution in [0.2, 0.25) is 0 Å². The first-order valence-electron chi connectivity index (χ1n) is 6.54. The molecule has 0 aliphatic carbocycles. The molecule has 0 aliphatic heterocycles. The van der Waals surface area contributed by atoms with E-state index in [1.807, 2.05) is 13.0 Å². The van der Waals surface area contributed by atoms with Crippen LogP contribution in [0.4, 0.5) is 0 Å². The number of hydrogen-bond acceptors (Lipinski definition) is 3. The molecule has 0 amide bonds. The highest BCUT2D eigenvalue weighted by Gasteiger charge is 2.19. The van der Waals surface area contributed by atoms with Crippen molar-refractivity contribution in [3.8, 4) is 0 Å². The van der Waals surface area contributed by atoms with Crippen molar-refractivity contribution in [3.05, 3.63) is 29.3 Å². The van der Waals surface area contributed by atoms with Gasteiger partial charge in [0.05, 0.1) is 4.90 Å². The van der Waals surface area contributed by atoms with Crippen LogP contribution in [0.15, 0.2) is 23.1 Å². The molecular weight excluding hydrogens is 278 g/mol. The maximum Gasteiger partial charge on any atom is 0.303 e. The molecule has 0 saturated heterocycles. The lowest BCUT2D eigenvalue weighted by molar-refractivity contribution is -0.137. The molecule has 0 radical (unpaired) electrons. The monoisotopic (exact) mass is 299 g/mol. The van der Waals surface area contributed by atoms with Crippen molar-refractivity contribution in [1.82, 2.24) is 4.72 Å². The number of benzene rings is 1. The van der Waals surface area contributed by atoms with E-state index < -0.39 is 16.0 Å². The zero-order valence-electron chi connectivity index (χ0n) is 12.0. The van der Waals surface area contributed by atoms with Crippen LogP contribution in [0.5, 0.6) is 0 Å². The first kappa shape index (κ1) is 16.7. The highest BCUT2D eigenvalue weighted by molar-refractivity contribution is 7.89. The third-order valence-electron chi connectivity index (χ3n) is 3.02. The van der Waals surface area contributed by atoms with Gasteiger partial charge in [-0.1, -0.05) is 12.1 Å². The van der Waals surface area contributed by atoms with Gasteiger partial charge in [0.2, 0.25) is 10.0 Å². The fraction of sp³-hybridized carbons (Fsp3) is 0.500. The van der Waals surface area contributed by atoms with Gasteiger partial charge in [-0.15, -0.1) is 0 Å². The molecule has 20 heavy (non-hydrogen) atoms. The third-order valence-corrected chi connectivity index (χ3v) is 4.75. The average molecular weight is 299 g/mol. The van der Waals surface area contributed by atoms with Gasteiger partial charge >= 0.3 is 5.97 Å². The molecule has 1 rings (SSSR count). The number of carboxylic acid groups (broad SMARTS) is 1. The molecule has 0 spiro atoms. The second kappa shape index (κ2) is 6.85. The molecule has 5 nitrogen and oxygen atoms in total. The average Bonchev–Trinajstić information content (AvgIpc) is 2.31. The third kappa shape index (κ3) is 4.94. The van der Waals surface area contributed by atoms with E-state index in [1.54, 1.807) is 26.0 Å². The van der Waals surface area contributed by atoms with E-state index >= 15 is 0 Å². The van der Waals surface area contributed by atoms with Crippen LogP contribution in [0.3, 0.4) is 0 Å². The summed E-state index contributed by atoms with van der Waals surface area (Å²) >= 11 is 0. The van der Waals surface area contributed by atoms with Crippen LogP contribution < -0.4 is 4.72 Å². The maximum absolute atomic E-state index is 12.3. The number of nitrogens with one attached hydrogen (secondary N) is 1. The van der Waals surface area contributed by atoms with Gasteiger partial charge in [0, 0.05) is 12.5 Å². The zero-order chi connectivity index (χ0) is 15.3. The summed E-state index contributed by atoms with van der Waals surface area (Å²) < 4.78 is 27.2. The minimum atomic E-state index is -3.56. The summed E-state index contributed by atoms with van der Waals surface area (Å²) in [6, 6.07) is 4.99. The van der Waals surface area contributed by atoms with E-state index in [4.69, 9.17) is 5.11 Å². The fourth-order valence-electron chi connectivity index (χ4n) is 1.94. The normalized spacial score (nSPS) is 13.2. The first-order chi connectivity index (χ1) is 9.22. The van der Waals surface area contributed by atoms with Crippen molar-refractivity contribution < 1.29 is 18.3 Å². The number of carbonyl (C=O) groups is 1. The zero-order valence-corrected chi connectivity index (χ0v) is 12.8. The number of rotatable bonds is 7. The Labute approximate surface area is 120 Å². The van der Waals surface area contributed by atoms with Crippen LogP contribution in [0.1, 0.15) is 37.3 Å². The van der Waals surface area contributed by atoms with Crippen molar-refractivity contribution in [2.45, 2.75) is 51.0 Å². The van der Waals surface area contributed by atoms with Gasteiger partial charge in [-0.05, 0) is 50.8 Å². The molecule has 0 heterocycles. The minimum Gasteiger partial charge on any atom is -0.481 e. The van der Waals surface area contributed by atoms with E-state index in [0.717, 1.165) is 5.56 Å². The SMILES string of the molecule is Cc1ccc(C)c(S(=O)(=O)NC(C)CCCC(=O)O)c1. The van der Waals surface area contributed by atoms with Crippen molar-refractivity contribution in [2.24, 2.45) is 0 Å². The van der Waals surface area contributed by atoms with Crippen molar-refractivity contribution in [3.63, 3.8) is 0 Å². The second-order valence-electron chi connectivity index (χ2n) is 5.08. The lowest BCUT2D eigenvalue weighted by Gasteiger charge is -2.15. The number of carboxylic acids is 1. The highest BCUT2D eigenvalue weighted by atomic mass is 32.2. The van der Waals surface area contributed by atoms with Crippen LogP contribution in [0.25, 0.3) is 0 Å². The van der Waals surface area contributed by atoms with Crippen molar-refractivity contribution >= 4 is 16.0 Å². The standard InChI is InChI=1S/C14H21NO4S/c1-10-7-8-11(2)13(9-10)20(18,19)15-12(3)5-4-6-14(16)17/h7-9,12,15H,4-6H2,1-3H3,(H,16,17). The van der Waals surface area contributed by atoms with Crippen LogP contribution in [-0.2, 0) is 14.8 Å². The Hall–Kier alpha value is -1.40. The Morgan fingerprint density at radius 3 is 2.60 bits per heavy atom. The number of sulfonamides is 1. The van der Waals surface area contributed by atoms with E-state index in [2.05, 4.69) is 4.72 Å². The second-order valence-corrected chi connectivity index (χ2v) is 6.76. The van der Waals surface area contributed by atoms with Crippen LogP contribution in [-0.4, -0.2) is 25.5 Å². The Morgan fingerprint density at radius 2 is 2.00 bits per heavy atom. The van der Waals surface area contributed by atoms with Gasteiger partial charge in [0.25, 0.3) is 0 Å². The van der Waals surface area contributed by atoms with Crippen molar-refractivity contribution in [1.29, 1.82) is 0 Å². The molecule has 0 bridgehead atoms. The summed E-state index contributed by atoms with van der Waals surface area (Å²) in [7, 11) is -3.56. The van der Waals surface area contributed by atoms with Crippen LogP contribution in [0, 0.1) is 13.8 Å². The van der Waals surface area contributed by atoms with E-state index in [0.29, 0.717) is 18.4 Å². The van der Waals surface area contributed by atoms with Gasteiger partial charge in [-0.3, -0.25) is 4.79 Å². The fourth-order valence-corrected chi connectivity index (χ4v) is 3.55. The summed E-state index contributed by atoms with van der Waals surface area (Å²) in [5.41, 5.74) is 1.58. The summed E-state index contributed by atoms with van der Waals surface area (Å²) in [4.78, 5) is 10.7. The summed E-state index contributed by atoms with van der Waals surface area (Å²) in [5.74, 6) is -0.866. The number of hydrogen-bond donors (Lipinski definition) is 2. The molecular formula is C14H21NO4S. The van der Waals surface area contributed by atoms with Gasteiger partial charge in [0.1, 0.15) is 0 Å². The largest absolute Gasteiger partial charge is 0.481 e. The Morgan fingerprint density at radius 1 is 1.35 bits per heavy atom. The molecule has 1 atom stereocenters. The smallest absolute Gasteiger partial charge is 0.303 e. The molecule has 0 saturated carbocycles.